The van der Waals surface area contributed by atoms with E-state index in [1.165, 1.54) is 18.2 Å². The van der Waals surface area contributed by atoms with Crippen LogP contribution in [0.15, 0.2) is 78.4 Å². The van der Waals surface area contributed by atoms with Crippen molar-refractivity contribution < 1.29 is 28.7 Å². The summed E-state index contributed by atoms with van der Waals surface area (Å²) in [6.07, 6.45) is 1.34. The number of methoxy groups -OCH3 is 1. The number of barbiturate groups is 1. The van der Waals surface area contributed by atoms with E-state index in [1.54, 1.807) is 67.8 Å². The number of benzene rings is 3. The van der Waals surface area contributed by atoms with E-state index in [0.717, 1.165) is 4.90 Å². The van der Waals surface area contributed by atoms with Gasteiger partial charge in [-0.2, -0.15) is 0 Å². The molecule has 0 radical (unpaired) electrons. The van der Waals surface area contributed by atoms with Crippen molar-refractivity contribution >= 4 is 52.8 Å². The summed E-state index contributed by atoms with van der Waals surface area (Å²) in [5.74, 6) is -0.979. The van der Waals surface area contributed by atoms with Gasteiger partial charge in [0.15, 0.2) is 6.61 Å². The molecular formula is C26H20ClN3O6. The van der Waals surface area contributed by atoms with E-state index < -0.39 is 17.8 Å². The van der Waals surface area contributed by atoms with Crippen LogP contribution in [0.4, 0.5) is 16.2 Å². The normalized spacial score (nSPS) is 14.4. The fourth-order valence-electron chi connectivity index (χ4n) is 3.39. The molecule has 0 saturated carbocycles. The Morgan fingerprint density at radius 2 is 1.75 bits per heavy atom. The van der Waals surface area contributed by atoms with Gasteiger partial charge in [-0.15, -0.1) is 0 Å². The van der Waals surface area contributed by atoms with Gasteiger partial charge >= 0.3 is 6.03 Å². The van der Waals surface area contributed by atoms with Crippen LogP contribution in [0.3, 0.4) is 0 Å². The van der Waals surface area contributed by atoms with Crippen LogP contribution in [0.5, 0.6) is 11.5 Å². The molecule has 9 nitrogen and oxygen atoms in total. The Bertz CT molecular complexity index is 1370. The standard InChI is InChI=1S/C26H20ClN3O6/c1-35-20-10-8-18(9-11-20)28-23(31)15-36-21-7-2-4-16(12-21)13-22-24(32)29-26(34)30(25(22)33)19-6-3-5-17(27)14-19/h2-14H,15H2,1H3,(H,28,31)(H,29,32,34)/b22-13+. The first kappa shape index (κ1) is 24.5. The molecule has 182 valence electrons. The number of hydrogen-bond acceptors (Lipinski definition) is 6. The molecule has 0 spiro atoms. The van der Waals surface area contributed by atoms with Crippen LogP contribution in [0.2, 0.25) is 5.02 Å². The first-order valence-corrected chi connectivity index (χ1v) is 11.1. The molecule has 5 amide bonds. The number of carbonyl (C=O) groups excluding carboxylic acids is 4. The van der Waals surface area contributed by atoms with Crippen molar-refractivity contribution in [1.29, 1.82) is 0 Å². The molecule has 10 heteroatoms. The molecular weight excluding hydrogens is 486 g/mol. The fourth-order valence-corrected chi connectivity index (χ4v) is 3.57. The van der Waals surface area contributed by atoms with E-state index in [-0.39, 0.29) is 23.8 Å². The third-order valence-electron chi connectivity index (χ3n) is 5.08. The number of nitrogens with zero attached hydrogens (tertiary/aromatic N) is 1. The first-order chi connectivity index (χ1) is 17.3. The van der Waals surface area contributed by atoms with Crippen molar-refractivity contribution in [3.05, 3.63) is 89.0 Å². The summed E-state index contributed by atoms with van der Waals surface area (Å²) in [6.45, 7) is -0.261. The van der Waals surface area contributed by atoms with Gasteiger partial charge in [-0.05, 0) is 66.2 Å². The van der Waals surface area contributed by atoms with E-state index in [4.69, 9.17) is 21.1 Å². The number of urea groups is 1. The zero-order valence-electron chi connectivity index (χ0n) is 19.0. The van der Waals surface area contributed by atoms with E-state index in [2.05, 4.69) is 10.6 Å². The van der Waals surface area contributed by atoms with Gasteiger partial charge in [0.25, 0.3) is 17.7 Å². The first-order valence-electron chi connectivity index (χ1n) is 10.7. The van der Waals surface area contributed by atoms with Crippen LogP contribution in [0.1, 0.15) is 5.56 Å². The Kier molecular flexibility index (Phi) is 7.31. The van der Waals surface area contributed by atoms with Crippen molar-refractivity contribution in [1.82, 2.24) is 5.32 Å². The van der Waals surface area contributed by atoms with Crippen molar-refractivity contribution in [2.45, 2.75) is 0 Å². The summed E-state index contributed by atoms with van der Waals surface area (Å²) in [7, 11) is 1.55. The lowest BCUT2D eigenvalue weighted by Gasteiger charge is -2.26. The zero-order valence-corrected chi connectivity index (χ0v) is 19.7. The van der Waals surface area contributed by atoms with Gasteiger partial charge < -0.3 is 14.8 Å². The molecule has 3 aromatic rings. The van der Waals surface area contributed by atoms with Crippen molar-refractivity contribution in [3.8, 4) is 11.5 Å². The second-order valence-corrected chi connectivity index (χ2v) is 8.01. The third-order valence-corrected chi connectivity index (χ3v) is 5.32. The van der Waals surface area contributed by atoms with E-state index in [9.17, 15) is 19.2 Å². The maximum absolute atomic E-state index is 13.0. The predicted octanol–water partition coefficient (Wildman–Crippen LogP) is 4.03. The number of rotatable bonds is 7. The van der Waals surface area contributed by atoms with Gasteiger partial charge in [0.05, 0.1) is 12.8 Å². The quantitative estimate of drug-likeness (QED) is 0.370. The number of halogens is 1. The van der Waals surface area contributed by atoms with Crippen LogP contribution in [0, 0.1) is 0 Å². The molecule has 0 aromatic heterocycles. The molecule has 36 heavy (non-hydrogen) atoms. The number of anilines is 2. The van der Waals surface area contributed by atoms with Gasteiger partial charge in [-0.1, -0.05) is 29.8 Å². The predicted molar refractivity (Wildman–Crippen MR) is 134 cm³/mol. The molecule has 2 N–H and O–H groups in total. The summed E-state index contributed by atoms with van der Waals surface area (Å²) in [4.78, 5) is 50.8. The van der Waals surface area contributed by atoms with Gasteiger partial charge in [0.1, 0.15) is 17.1 Å². The number of carbonyl (C=O) groups is 4. The zero-order chi connectivity index (χ0) is 25.7. The second-order valence-electron chi connectivity index (χ2n) is 7.58. The molecule has 1 saturated heterocycles. The van der Waals surface area contributed by atoms with Gasteiger partial charge in [0.2, 0.25) is 0 Å². The van der Waals surface area contributed by atoms with Gasteiger partial charge in [-0.3, -0.25) is 19.7 Å². The van der Waals surface area contributed by atoms with Crippen molar-refractivity contribution in [3.63, 3.8) is 0 Å². The maximum atomic E-state index is 13.0. The van der Waals surface area contributed by atoms with Crippen molar-refractivity contribution in [2.75, 3.05) is 23.9 Å². The number of imide groups is 2. The Hall–Kier alpha value is -4.63. The summed E-state index contributed by atoms with van der Waals surface area (Å²) >= 11 is 5.98. The molecule has 0 atom stereocenters. The SMILES string of the molecule is COc1ccc(NC(=O)COc2cccc(/C=C3\C(=O)NC(=O)N(c4cccc(Cl)c4)C3=O)c2)cc1. The molecule has 4 rings (SSSR count). The largest absolute Gasteiger partial charge is 0.497 e. The Morgan fingerprint density at radius 1 is 1.00 bits per heavy atom. The number of hydrogen-bond donors (Lipinski definition) is 2. The Balaban J connectivity index is 1.46. The Labute approximate surface area is 211 Å². The van der Waals surface area contributed by atoms with E-state index >= 15 is 0 Å². The van der Waals surface area contributed by atoms with Crippen LogP contribution in [-0.4, -0.2) is 37.5 Å². The molecule has 1 aliphatic heterocycles. The highest BCUT2D eigenvalue weighted by Gasteiger charge is 2.36. The molecule has 1 aliphatic rings. The summed E-state index contributed by atoms with van der Waals surface area (Å²) < 4.78 is 10.6. The lowest BCUT2D eigenvalue weighted by atomic mass is 10.1. The highest BCUT2D eigenvalue weighted by atomic mass is 35.5. The van der Waals surface area contributed by atoms with Crippen LogP contribution >= 0.6 is 11.6 Å². The molecule has 0 unspecified atom stereocenters. The Morgan fingerprint density at radius 3 is 2.47 bits per heavy atom. The highest BCUT2D eigenvalue weighted by Crippen LogP contribution is 2.25. The van der Waals surface area contributed by atoms with Crippen LogP contribution in [-0.2, 0) is 14.4 Å². The molecule has 0 bridgehead atoms. The smallest absolute Gasteiger partial charge is 0.335 e. The average Bonchev–Trinajstić information content (AvgIpc) is 2.86. The number of ether oxygens (including phenoxy) is 2. The number of amides is 5. The number of nitrogens with one attached hydrogen (secondary N) is 2. The summed E-state index contributed by atoms with van der Waals surface area (Å²) in [6, 6.07) is 18.6. The molecule has 1 fully saturated rings. The highest BCUT2D eigenvalue weighted by molar-refractivity contribution is 6.39. The van der Waals surface area contributed by atoms with Crippen LogP contribution in [0.25, 0.3) is 6.08 Å². The monoisotopic (exact) mass is 505 g/mol. The summed E-state index contributed by atoms with van der Waals surface area (Å²) in [5, 5.41) is 5.19. The van der Waals surface area contributed by atoms with E-state index in [1.807, 2.05) is 0 Å². The van der Waals surface area contributed by atoms with Gasteiger partial charge in [0, 0.05) is 10.7 Å². The third kappa shape index (κ3) is 5.70. The van der Waals surface area contributed by atoms with Gasteiger partial charge in [-0.25, -0.2) is 9.69 Å². The fraction of sp³-hybridized carbons (Fsp3) is 0.0769. The second kappa shape index (κ2) is 10.7. The van der Waals surface area contributed by atoms with Crippen molar-refractivity contribution in [2.24, 2.45) is 0 Å². The topological polar surface area (TPSA) is 114 Å². The molecule has 0 aliphatic carbocycles. The van der Waals surface area contributed by atoms with E-state index in [0.29, 0.717) is 27.8 Å². The molecule has 1 heterocycles. The van der Waals surface area contributed by atoms with Crippen LogP contribution < -0.4 is 25.0 Å². The lowest BCUT2D eigenvalue weighted by Crippen LogP contribution is -2.54. The maximum Gasteiger partial charge on any atom is 0.335 e. The minimum atomic E-state index is -0.871. The molecule has 3 aromatic carbocycles. The summed E-state index contributed by atoms with van der Waals surface area (Å²) in [5.41, 5.74) is 1.03. The average molecular weight is 506 g/mol. The lowest BCUT2D eigenvalue weighted by molar-refractivity contribution is -0.122. The minimum Gasteiger partial charge on any atom is -0.497 e. The minimum absolute atomic E-state index is 0.225.